The summed E-state index contributed by atoms with van der Waals surface area (Å²) in [6, 6.07) is 4.54. The van der Waals surface area contributed by atoms with Crippen LogP contribution in [0.15, 0.2) is 22.7 Å². The van der Waals surface area contributed by atoms with Crippen LogP contribution >= 0.6 is 15.9 Å². The van der Waals surface area contributed by atoms with Crippen LogP contribution in [0.5, 0.6) is 5.75 Å². The third-order valence-corrected chi connectivity index (χ3v) is 4.18. The summed E-state index contributed by atoms with van der Waals surface area (Å²) in [6.07, 6.45) is 5.97. The summed E-state index contributed by atoms with van der Waals surface area (Å²) >= 11 is 3.34. The van der Waals surface area contributed by atoms with Crippen LogP contribution in [0.3, 0.4) is 0 Å². The van der Waals surface area contributed by atoms with Crippen molar-refractivity contribution in [1.82, 2.24) is 0 Å². The van der Waals surface area contributed by atoms with Crippen molar-refractivity contribution in [2.45, 2.75) is 38.2 Å². The SMILES string of the molecule is NCC1CCCCCC1Oc1ccc(F)cc1Br. The highest BCUT2D eigenvalue weighted by molar-refractivity contribution is 9.10. The molecule has 1 aromatic carbocycles. The fraction of sp³-hybridized carbons (Fsp3) is 0.571. The molecule has 1 aliphatic rings. The molecule has 0 spiro atoms. The van der Waals surface area contributed by atoms with E-state index in [0.29, 0.717) is 22.7 Å². The summed E-state index contributed by atoms with van der Waals surface area (Å²) in [6.45, 7) is 0.656. The van der Waals surface area contributed by atoms with Crippen LogP contribution in [-0.2, 0) is 0 Å². The van der Waals surface area contributed by atoms with Crippen LogP contribution in [0, 0.1) is 11.7 Å². The molecule has 1 aliphatic carbocycles. The van der Waals surface area contributed by atoms with Crippen molar-refractivity contribution in [1.29, 1.82) is 0 Å². The Hall–Kier alpha value is -0.610. The van der Waals surface area contributed by atoms with Crippen molar-refractivity contribution in [2.75, 3.05) is 6.54 Å². The standard InChI is InChI=1S/C14H19BrFNO/c15-12-8-11(16)6-7-14(12)18-13-5-3-1-2-4-10(13)9-17/h6-8,10,13H,1-5,9,17H2. The van der Waals surface area contributed by atoms with Crippen LogP contribution in [0.2, 0.25) is 0 Å². The number of nitrogens with two attached hydrogens (primary N) is 1. The molecule has 1 saturated carbocycles. The van der Waals surface area contributed by atoms with Crippen LogP contribution in [0.1, 0.15) is 32.1 Å². The summed E-state index contributed by atoms with van der Waals surface area (Å²) in [4.78, 5) is 0. The van der Waals surface area contributed by atoms with Gasteiger partial charge in [0.25, 0.3) is 0 Å². The van der Waals surface area contributed by atoms with Crippen LogP contribution < -0.4 is 10.5 Å². The van der Waals surface area contributed by atoms with Gasteiger partial charge in [0.2, 0.25) is 0 Å². The maximum atomic E-state index is 13.0. The molecule has 0 radical (unpaired) electrons. The Bertz CT molecular complexity index is 399. The van der Waals surface area contributed by atoms with E-state index in [1.165, 1.54) is 31.4 Å². The van der Waals surface area contributed by atoms with Crippen LogP contribution in [-0.4, -0.2) is 12.6 Å². The van der Waals surface area contributed by atoms with Crippen molar-refractivity contribution in [3.8, 4) is 5.75 Å². The zero-order valence-corrected chi connectivity index (χ0v) is 12.0. The molecule has 2 unspecified atom stereocenters. The molecule has 0 aromatic heterocycles. The van der Waals surface area contributed by atoms with Gasteiger partial charge in [-0.3, -0.25) is 0 Å². The quantitative estimate of drug-likeness (QED) is 0.859. The van der Waals surface area contributed by atoms with Gasteiger partial charge in [-0.25, -0.2) is 4.39 Å². The van der Waals surface area contributed by atoms with E-state index in [2.05, 4.69) is 15.9 Å². The van der Waals surface area contributed by atoms with Crippen molar-refractivity contribution in [3.63, 3.8) is 0 Å². The average Bonchev–Trinajstić information content (AvgIpc) is 2.57. The van der Waals surface area contributed by atoms with Crippen LogP contribution in [0.25, 0.3) is 0 Å². The molecule has 0 saturated heterocycles. The maximum Gasteiger partial charge on any atom is 0.134 e. The first kappa shape index (κ1) is 13.8. The molecular weight excluding hydrogens is 297 g/mol. The van der Waals surface area contributed by atoms with E-state index in [1.54, 1.807) is 6.07 Å². The highest BCUT2D eigenvalue weighted by atomic mass is 79.9. The van der Waals surface area contributed by atoms with Gasteiger partial charge in [0, 0.05) is 5.92 Å². The Balaban J connectivity index is 2.10. The monoisotopic (exact) mass is 315 g/mol. The van der Waals surface area contributed by atoms with E-state index in [-0.39, 0.29) is 11.9 Å². The molecule has 18 heavy (non-hydrogen) atoms. The van der Waals surface area contributed by atoms with E-state index >= 15 is 0 Å². The zero-order valence-electron chi connectivity index (χ0n) is 10.4. The van der Waals surface area contributed by atoms with E-state index in [0.717, 1.165) is 12.8 Å². The first-order valence-electron chi connectivity index (χ1n) is 6.52. The molecular formula is C14H19BrFNO. The minimum Gasteiger partial charge on any atom is -0.489 e. The Morgan fingerprint density at radius 2 is 2.06 bits per heavy atom. The van der Waals surface area contributed by atoms with Gasteiger partial charge in [-0.15, -0.1) is 0 Å². The largest absolute Gasteiger partial charge is 0.489 e. The molecule has 2 nitrogen and oxygen atoms in total. The summed E-state index contributed by atoms with van der Waals surface area (Å²) in [5.74, 6) is 0.858. The van der Waals surface area contributed by atoms with E-state index in [9.17, 15) is 4.39 Å². The molecule has 0 heterocycles. The fourth-order valence-electron chi connectivity index (χ4n) is 2.51. The lowest BCUT2D eigenvalue weighted by Gasteiger charge is -2.25. The normalized spacial score (nSPS) is 24.6. The summed E-state index contributed by atoms with van der Waals surface area (Å²) in [5.41, 5.74) is 5.83. The topological polar surface area (TPSA) is 35.2 Å². The molecule has 100 valence electrons. The van der Waals surface area contributed by atoms with Gasteiger partial charge in [0.05, 0.1) is 4.47 Å². The molecule has 2 atom stereocenters. The highest BCUT2D eigenvalue weighted by Gasteiger charge is 2.24. The number of halogens is 2. The number of rotatable bonds is 3. The number of hydrogen-bond donors (Lipinski definition) is 1. The Kier molecular flexibility index (Phi) is 5.01. The van der Waals surface area contributed by atoms with E-state index in [4.69, 9.17) is 10.5 Å². The Morgan fingerprint density at radius 3 is 2.78 bits per heavy atom. The molecule has 4 heteroatoms. The lowest BCUT2D eigenvalue weighted by Crippen LogP contribution is -2.31. The van der Waals surface area contributed by atoms with Gasteiger partial charge >= 0.3 is 0 Å². The zero-order chi connectivity index (χ0) is 13.0. The third-order valence-electron chi connectivity index (χ3n) is 3.56. The first-order valence-corrected chi connectivity index (χ1v) is 7.32. The number of ether oxygens (including phenoxy) is 1. The number of benzene rings is 1. The lowest BCUT2D eigenvalue weighted by atomic mass is 9.97. The Morgan fingerprint density at radius 1 is 1.28 bits per heavy atom. The fourth-order valence-corrected chi connectivity index (χ4v) is 2.95. The van der Waals surface area contributed by atoms with Crippen molar-refractivity contribution >= 4 is 15.9 Å². The minimum absolute atomic E-state index is 0.152. The molecule has 2 N–H and O–H groups in total. The van der Waals surface area contributed by atoms with Crippen molar-refractivity contribution in [3.05, 3.63) is 28.5 Å². The second-order valence-electron chi connectivity index (χ2n) is 4.86. The second-order valence-corrected chi connectivity index (χ2v) is 5.72. The van der Waals surface area contributed by atoms with Crippen LogP contribution in [0.4, 0.5) is 4.39 Å². The highest BCUT2D eigenvalue weighted by Crippen LogP contribution is 2.31. The predicted molar refractivity (Wildman–Crippen MR) is 74.1 cm³/mol. The Labute approximate surface area is 116 Å². The van der Waals surface area contributed by atoms with Gasteiger partial charge in [-0.1, -0.05) is 12.8 Å². The molecule has 1 fully saturated rings. The lowest BCUT2D eigenvalue weighted by molar-refractivity contribution is 0.128. The van der Waals surface area contributed by atoms with Crippen molar-refractivity contribution in [2.24, 2.45) is 11.7 Å². The molecule has 0 bridgehead atoms. The van der Waals surface area contributed by atoms with Gasteiger partial charge < -0.3 is 10.5 Å². The van der Waals surface area contributed by atoms with Gasteiger partial charge in [0.1, 0.15) is 17.7 Å². The average molecular weight is 316 g/mol. The van der Waals surface area contributed by atoms with Gasteiger partial charge in [-0.05, 0) is 59.9 Å². The predicted octanol–water partition coefficient (Wildman–Crippen LogP) is 3.87. The maximum absolute atomic E-state index is 13.0. The number of hydrogen-bond acceptors (Lipinski definition) is 2. The second kappa shape index (κ2) is 6.53. The smallest absolute Gasteiger partial charge is 0.134 e. The summed E-state index contributed by atoms with van der Waals surface area (Å²) in [5, 5.41) is 0. The molecule has 1 aromatic rings. The summed E-state index contributed by atoms with van der Waals surface area (Å²) < 4.78 is 19.7. The van der Waals surface area contributed by atoms with E-state index < -0.39 is 0 Å². The van der Waals surface area contributed by atoms with Gasteiger partial charge in [0.15, 0.2) is 0 Å². The summed E-state index contributed by atoms with van der Waals surface area (Å²) in [7, 11) is 0. The first-order chi connectivity index (χ1) is 8.70. The molecule has 2 rings (SSSR count). The minimum atomic E-state index is -0.259. The molecule has 0 aliphatic heterocycles. The van der Waals surface area contributed by atoms with Gasteiger partial charge in [-0.2, -0.15) is 0 Å². The third kappa shape index (κ3) is 3.45. The molecule has 0 amide bonds. The van der Waals surface area contributed by atoms with Crippen molar-refractivity contribution < 1.29 is 9.13 Å². The van der Waals surface area contributed by atoms with E-state index in [1.807, 2.05) is 0 Å².